The summed E-state index contributed by atoms with van der Waals surface area (Å²) < 4.78 is 1.86. The summed E-state index contributed by atoms with van der Waals surface area (Å²) in [7, 11) is 0. The van der Waals surface area contributed by atoms with Crippen LogP contribution in [0.25, 0.3) is 0 Å². The Morgan fingerprint density at radius 1 is 1.00 bits per heavy atom. The van der Waals surface area contributed by atoms with Gasteiger partial charge in [0.25, 0.3) is 5.56 Å². The zero-order valence-corrected chi connectivity index (χ0v) is 17.8. The molecule has 4 rings (SSSR count). The van der Waals surface area contributed by atoms with E-state index in [2.05, 4.69) is 5.32 Å². The Balaban J connectivity index is 1.21. The molecule has 1 N–H and O–H groups in total. The van der Waals surface area contributed by atoms with Gasteiger partial charge in [0.2, 0.25) is 11.8 Å². The minimum absolute atomic E-state index is 0.0326. The second-order valence-corrected chi connectivity index (χ2v) is 9.18. The van der Waals surface area contributed by atoms with Crippen LogP contribution < -0.4 is 10.9 Å². The normalized spacial score (nSPS) is 19.8. The van der Waals surface area contributed by atoms with Crippen molar-refractivity contribution in [3.8, 4) is 0 Å². The van der Waals surface area contributed by atoms with Crippen molar-refractivity contribution in [3.63, 3.8) is 0 Å². The first-order valence-electron chi connectivity index (χ1n) is 10.5. The molecule has 6 nitrogen and oxygen atoms in total. The van der Waals surface area contributed by atoms with Gasteiger partial charge in [-0.3, -0.25) is 14.4 Å². The molecule has 0 aliphatic carbocycles. The largest absolute Gasteiger partial charge is 0.355 e. The van der Waals surface area contributed by atoms with E-state index in [0.717, 1.165) is 17.9 Å². The predicted octanol–water partition coefficient (Wildman–Crippen LogP) is 2.48. The molecule has 2 aromatic rings. The number of carbonyl (C=O) groups excluding carboxylic acids is 2. The predicted molar refractivity (Wildman–Crippen MR) is 118 cm³/mol. The lowest BCUT2D eigenvalue weighted by molar-refractivity contribution is -0.136. The third kappa shape index (κ3) is 4.95. The number of pyridine rings is 1. The Labute approximate surface area is 180 Å². The summed E-state index contributed by atoms with van der Waals surface area (Å²) in [6.45, 7) is 2.57. The fraction of sp³-hybridized carbons (Fsp3) is 0.435. The molecule has 1 fully saturated rings. The number of aromatic nitrogens is 1. The first-order chi connectivity index (χ1) is 14.6. The van der Waals surface area contributed by atoms with E-state index >= 15 is 0 Å². The van der Waals surface area contributed by atoms with E-state index in [9.17, 15) is 14.4 Å². The van der Waals surface area contributed by atoms with Crippen LogP contribution in [-0.4, -0.2) is 46.7 Å². The standard InChI is InChI=1S/C23H27N3O3S/c27-21(24-11-12-30-19-5-2-1-3-6-19)9-10-22(28)25-14-17-13-18(16-25)20-7-4-8-23(29)26(20)15-17/h1-8,17-18H,9-16H2,(H,24,27)/t17-,18+/m1/s1. The van der Waals surface area contributed by atoms with E-state index < -0.39 is 0 Å². The highest BCUT2D eigenvalue weighted by Gasteiger charge is 2.36. The number of nitrogens with zero attached hydrogens (tertiary/aromatic N) is 2. The van der Waals surface area contributed by atoms with Gasteiger partial charge in [0.05, 0.1) is 0 Å². The summed E-state index contributed by atoms with van der Waals surface area (Å²) in [6, 6.07) is 15.5. The van der Waals surface area contributed by atoms with E-state index in [0.29, 0.717) is 32.1 Å². The van der Waals surface area contributed by atoms with Crippen LogP contribution in [0.4, 0.5) is 0 Å². The van der Waals surface area contributed by atoms with Crippen molar-refractivity contribution in [3.05, 3.63) is 64.6 Å². The average Bonchev–Trinajstić information content (AvgIpc) is 2.76. The first-order valence-corrected chi connectivity index (χ1v) is 11.5. The SMILES string of the molecule is O=C(CCC(=O)N1C[C@H]2C[C@@H](C1)c1cccc(=O)n1C2)NCCSc1ccccc1. The lowest BCUT2D eigenvalue weighted by Crippen LogP contribution is -2.49. The fourth-order valence-corrected chi connectivity index (χ4v) is 5.23. The summed E-state index contributed by atoms with van der Waals surface area (Å²) in [4.78, 5) is 40.0. The fourth-order valence-electron chi connectivity index (χ4n) is 4.44. The number of likely N-dealkylation sites (tertiary alicyclic amines) is 1. The summed E-state index contributed by atoms with van der Waals surface area (Å²) >= 11 is 1.70. The van der Waals surface area contributed by atoms with Crippen LogP contribution in [0.3, 0.4) is 0 Å². The Bertz CT molecular complexity index is 960. The molecule has 2 amide bonds. The third-order valence-electron chi connectivity index (χ3n) is 5.83. The molecule has 2 bridgehead atoms. The number of thioether (sulfide) groups is 1. The smallest absolute Gasteiger partial charge is 0.250 e. The van der Waals surface area contributed by atoms with Crippen molar-refractivity contribution < 1.29 is 9.59 Å². The number of rotatable bonds is 7. The minimum atomic E-state index is -0.0777. The van der Waals surface area contributed by atoms with Crippen LogP contribution in [0, 0.1) is 5.92 Å². The zero-order valence-electron chi connectivity index (χ0n) is 17.0. The van der Waals surface area contributed by atoms with Gasteiger partial charge in [-0.05, 0) is 30.5 Å². The summed E-state index contributed by atoms with van der Waals surface area (Å²) in [5.74, 6) is 1.28. The van der Waals surface area contributed by atoms with E-state index in [-0.39, 0.29) is 36.1 Å². The molecule has 1 saturated heterocycles. The molecular formula is C23H27N3O3S. The molecular weight excluding hydrogens is 398 g/mol. The quantitative estimate of drug-likeness (QED) is 0.547. The lowest BCUT2D eigenvalue weighted by Gasteiger charge is -2.42. The molecule has 158 valence electrons. The van der Waals surface area contributed by atoms with Gasteiger partial charge in [0.1, 0.15) is 0 Å². The zero-order chi connectivity index (χ0) is 20.9. The van der Waals surface area contributed by atoms with Gasteiger partial charge in [-0.1, -0.05) is 24.3 Å². The molecule has 0 unspecified atom stereocenters. The highest BCUT2D eigenvalue weighted by molar-refractivity contribution is 7.99. The van der Waals surface area contributed by atoms with Crippen LogP contribution in [-0.2, 0) is 16.1 Å². The second-order valence-electron chi connectivity index (χ2n) is 8.01. The van der Waals surface area contributed by atoms with Crippen LogP contribution in [0.2, 0.25) is 0 Å². The van der Waals surface area contributed by atoms with Gasteiger partial charge in [-0.25, -0.2) is 0 Å². The number of piperidine rings is 1. The number of amides is 2. The highest BCUT2D eigenvalue weighted by atomic mass is 32.2. The maximum Gasteiger partial charge on any atom is 0.250 e. The Morgan fingerprint density at radius 3 is 2.67 bits per heavy atom. The van der Waals surface area contributed by atoms with Gasteiger partial charge in [-0.15, -0.1) is 11.8 Å². The Kier molecular flexibility index (Phi) is 6.57. The molecule has 2 aliphatic rings. The molecule has 2 aliphatic heterocycles. The van der Waals surface area contributed by atoms with Crippen molar-refractivity contribution in [1.29, 1.82) is 0 Å². The van der Waals surface area contributed by atoms with Crippen molar-refractivity contribution >= 4 is 23.6 Å². The molecule has 0 spiro atoms. The summed E-state index contributed by atoms with van der Waals surface area (Å²) in [5, 5.41) is 2.90. The topological polar surface area (TPSA) is 71.4 Å². The Hall–Kier alpha value is -2.54. The van der Waals surface area contributed by atoms with E-state index in [1.165, 1.54) is 4.90 Å². The Morgan fingerprint density at radius 2 is 1.83 bits per heavy atom. The van der Waals surface area contributed by atoms with E-state index in [1.54, 1.807) is 23.9 Å². The number of nitrogens with one attached hydrogen (secondary N) is 1. The third-order valence-corrected chi connectivity index (χ3v) is 6.85. The molecule has 2 atom stereocenters. The van der Waals surface area contributed by atoms with Gasteiger partial charge >= 0.3 is 0 Å². The van der Waals surface area contributed by atoms with E-state index in [1.807, 2.05) is 45.9 Å². The number of hydrogen-bond acceptors (Lipinski definition) is 4. The highest BCUT2D eigenvalue weighted by Crippen LogP contribution is 2.35. The number of benzene rings is 1. The summed E-state index contributed by atoms with van der Waals surface area (Å²) in [5.41, 5.74) is 1.08. The van der Waals surface area contributed by atoms with Crippen LogP contribution in [0.5, 0.6) is 0 Å². The molecule has 1 aromatic heterocycles. The van der Waals surface area contributed by atoms with Crippen molar-refractivity contribution in [1.82, 2.24) is 14.8 Å². The summed E-state index contributed by atoms with van der Waals surface area (Å²) in [6.07, 6.45) is 1.47. The second kappa shape index (κ2) is 9.51. The lowest BCUT2D eigenvalue weighted by atomic mass is 9.83. The van der Waals surface area contributed by atoms with Crippen molar-refractivity contribution in [2.45, 2.75) is 36.6 Å². The maximum atomic E-state index is 12.7. The van der Waals surface area contributed by atoms with Gasteiger partial charge < -0.3 is 14.8 Å². The van der Waals surface area contributed by atoms with Gasteiger partial charge in [0, 0.05) is 67.3 Å². The molecule has 7 heteroatoms. The average molecular weight is 426 g/mol. The monoisotopic (exact) mass is 425 g/mol. The molecule has 0 radical (unpaired) electrons. The molecule has 1 aromatic carbocycles. The van der Waals surface area contributed by atoms with Crippen LogP contribution in [0.1, 0.15) is 30.9 Å². The number of fused-ring (bicyclic) bond motifs is 4. The van der Waals surface area contributed by atoms with Crippen molar-refractivity contribution in [2.24, 2.45) is 5.92 Å². The van der Waals surface area contributed by atoms with Gasteiger partial charge in [-0.2, -0.15) is 0 Å². The molecule has 30 heavy (non-hydrogen) atoms. The first kappa shape index (κ1) is 20.7. The number of hydrogen-bond donors (Lipinski definition) is 1. The maximum absolute atomic E-state index is 12.7. The van der Waals surface area contributed by atoms with Crippen LogP contribution in [0.15, 0.2) is 58.2 Å². The van der Waals surface area contributed by atoms with Gasteiger partial charge in [0.15, 0.2) is 0 Å². The van der Waals surface area contributed by atoms with Crippen LogP contribution >= 0.6 is 11.8 Å². The number of carbonyl (C=O) groups is 2. The minimum Gasteiger partial charge on any atom is -0.355 e. The van der Waals surface area contributed by atoms with E-state index in [4.69, 9.17) is 0 Å². The molecule has 3 heterocycles. The van der Waals surface area contributed by atoms with Crippen molar-refractivity contribution in [2.75, 3.05) is 25.4 Å². The molecule has 0 saturated carbocycles.